The standard InChI is InChI=1S/C51H95NO14Si2/c1-21-38-51(16)44(63-48(55)64-51)33(10)40(53)31(8)29-49(14,56-19)43(62-47-42(65-67(22-2,23-3)24-4)37(52(17)18)28-32(9)58-47)34(11)41(35(12)46(54)60-38)61-39-30-50(15,57-20)45(36(13)59-39)66-68(25-5,26-6)27-7/h31-39,41-45,47H,21-30H2,1-20H3/t31-,32-,33+,34+,35-,36+,37+,38+,39-,41-,42-,43-,44+,45+,47+,49-,50-,51-/m1/s1. The molecule has 4 aliphatic rings. The number of rotatable bonds is 18. The molecule has 0 aromatic carbocycles. The first-order chi connectivity index (χ1) is 31.8. The number of Topliss-reactive ketones (excluding diaryl/α,β-unsaturated/α-hetero) is 1. The van der Waals surface area contributed by atoms with Gasteiger partial charge < -0.3 is 56.4 Å². The monoisotopic (exact) mass is 1000 g/mol. The average Bonchev–Trinajstić information content (AvgIpc) is 3.63. The first kappa shape index (κ1) is 59.0. The van der Waals surface area contributed by atoms with Crippen molar-refractivity contribution in [2.75, 3.05) is 28.3 Å². The third-order valence-corrected chi connectivity index (χ3v) is 26.5. The minimum atomic E-state index is -2.24. The summed E-state index contributed by atoms with van der Waals surface area (Å²) in [6.45, 7) is 32.3. The second-order valence-corrected chi connectivity index (χ2v) is 31.2. The van der Waals surface area contributed by atoms with Crippen molar-refractivity contribution in [3.63, 3.8) is 0 Å². The van der Waals surface area contributed by atoms with Gasteiger partial charge in [0.25, 0.3) is 0 Å². The number of ketones is 1. The first-order valence-electron chi connectivity index (χ1n) is 26.2. The van der Waals surface area contributed by atoms with Crippen LogP contribution in [0, 0.1) is 23.7 Å². The first-order valence-corrected chi connectivity index (χ1v) is 31.2. The highest BCUT2D eigenvalue weighted by atomic mass is 28.4. The van der Waals surface area contributed by atoms with E-state index in [0.29, 0.717) is 6.42 Å². The van der Waals surface area contributed by atoms with Crippen LogP contribution < -0.4 is 0 Å². The Hall–Kier alpha value is -1.52. The van der Waals surface area contributed by atoms with Crippen molar-refractivity contribution >= 4 is 34.5 Å². The number of hydrogen-bond acceptors (Lipinski definition) is 15. The second-order valence-electron chi connectivity index (χ2n) is 21.7. The van der Waals surface area contributed by atoms with E-state index < -0.39 is 118 Å². The number of methoxy groups -OCH3 is 2. The molecule has 17 heteroatoms. The molecule has 0 amide bonds. The smallest absolute Gasteiger partial charge is 0.458 e. The van der Waals surface area contributed by atoms with Crippen molar-refractivity contribution in [3.05, 3.63) is 0 Å². The lowest BCUT2D eigenvalue weighted by Gasteiger charge is -2.52. The van der Waals surface area contributed by atoms with Crippen LogP contribution in [0.2, 0.25) is 36.3 Å². The molecule has 18 atom stereocenters. The summed E-state index contributed by atoms with van der Waals surface area (Å²) in [5.41, 5.74) is -3.44. The summed E-state index contributed by atoms with van der Waals surface area (Å²) in [5, 5.41) is 0. The van der Waals surface area contributed by atoms with Gasteiger partial charge in [0, 0.05) is 38.5 Å². The molecule has 4 rings (SSSR count). The molecule has 0 aromatic rings. The minimum Gasteiger partial charge on any atom is -0.458 e. The summed E-state index contributed by atoms with van der Waals surface area (Å²) in [7, 11) is 3.12. The maximum Gasteiger partial charge on any atom is 0.509 e. The highest BCUT2D eigenvalue weighted by Gasteiger charge is 2.60. The van der Waals surface area contributed by atoms with Crippen LogP contribution in [0.3, 0.4) is 0 Å². The Kier molecular flexibility index (Phi) is 20.9. The van der Waals surface area contributed by atoms with Crippen LogP contribution in [0.25, 0.3) is 0 Å². The van der Waals surface area contributed by atoms with Gasteiger partial charge in [-0.05, 0) is 111 Å². The van der Waals surface area contributed by atoms with E-state index in [1.54, 1.807) is 35.0 Å². The second kappa shape index (κ2) is 24.0. The largest absolute Gasteiger partial charge is 0.509 e. The van der Waals surface area contributed by atoms with Crippen LogP contribution in [-0.2, 0) is 61.1 Å². The van der Waals surface area contributed by atoms with Crippen molar-refractivity contribution in [1.82, 2.24) is 4.90 Å². The number of carbonyl (C=O) groups excluding carboxylic acids is 3. The van der Waals surface area contributed by atoms with Gasteiger partial charge in [-0.1, -0.05) is 69.2 Å². The normalized spacial score (nSPS) is 41.4. The molecular weight excluding hydrogens is 907 g/mol. The van der Waals surface area contributed by atoms with Crippen LogP contribution >= 0.6 is 0 Å². The summed E-state index contributed by atoms with van der Waals surface area (Å²) in [5.74, 6) is -3.72. The fraction of sp³-hybridized carbons (Fsp3) is 0.941. The maximum absolute atomic E-state index is 15.0. The summed E-state index contributed by atoms with van der Waals surface area (Å²) in [6, 6.07) is 5.69. The maximum atomic E-state index is 15.0. The van der Waals surface area contributed by atoms with E-state index in [1.807, 2.05) is 34.6 Å². The van der Waals surface area contributed by atoms with Crippen molar-refractivity contribution < 1.29 is 65.9 Å². The number of cyclic esters (lactones) is 1. The number of nitrogens with zero attached hydrogens (tertiary/aromatic N) is 1. The number of ether oxygens (including phenoxy) is 9. The number of fused-ring (bicyclic) bond motifs is 1. The third kappa shape index (κ3) is 12.3. The van der Waals surface area contributed by atoms with Gasteiger partial charge in [-0.15, -0.1) is 0 Å². The van der Waals surface area contributed by atoms with Gasteiger partial charge >= 0.3 is 12.1 Å². The van der Waals surface area contributed by atoms with E-state index in [2.05, 4.69) is 74.4 Å². The topological polar surface area (TPSA) is 156 Å². The number of hydrogen-bond donors (Lipinski definition) is 0. The fourth-order valence-corrected chi connectivity index (χ4v) is 17.9. The third-order valence-electron chi connectivity index (χ3n) is 17.3. The lowest BCUT2D eigenvalue weighted by Crippen LogP contribution is -2.63. The molecule has 396 valence electrons. The van der Waals surface area contributed by atoms with Crippen LogP contribution in [0.5, 0.6) is 0 Å². The highest BCUT2D eigenvalue weighted by molar-refractivity contribution is 6.74. The van der Waals surface area contributed by atoms with E-state index in [9.17, 15) is 14.4 Å². The number of esters is 1. The minimum absolute atomic E-state index is 0.0317. The summed E-state index contributed by atoms with van der Waals surface area (Å²) in [6.07, 6.45) is -6.24. The lowest BCUT2D eigenvalue weighted by atomic mass is 9.74. The van der Waals surface area contributed by atoms with E-state index in [-0.39, 0.29) is 36.9 Å². The number of carbonyl (C=O) groups is 3. The summed E-state index contributed by atoms with van der Waals surface area (Å²) in [4.78, 5) is 44.9. The van der Waals surface area contributed by atoms with Gasteiger partial charge in [-0.25, -0.2) is 4.79 Å². The number of likely N-dealkylation sites (N-methyl/N-ethyl adjacent to an activating group) is 1. The van der Waals surface area contributed by atoms with Crippen LogP contribution in [0.15, 0.2) is 0 Å². The fourth-order valence-electron chi connectivity index (χ4n) is 12.1. The molecule has 0 spiro atoms. The molecule has 4 heterocycles. The SMILES string of the molecule is CC[C@@H]1OC(=O)[C@H](C)[C@H](O[C@@H]2C[C@@](C)(OC)[C@@H](O[Si](CC)(CC)CC)[C@H](C)O2)[C@H](C)[C@@H](O[C@@H]2O[C@H](C)C[C@H](N(C)C)[C@H]2O[Si](CC)(CC)CC)[C@](C)(OC)C[C@@H](C)C(=O)[C@H](C)[C@@H]2OC(=O)O[C@]12C. The molecule has 0 N–H and O–H groups in total. The highest BCUT2D eigenvalue weighted by Crippen LogP contribution is 2.45. The van der Waals surface area contributed by atoms with Gasteiger partial charge in [0.1, 0.15) is 18.0 Å². The predicted octanol–water partition coefficient (Wildman–Crippen LogP) is 9.68. The molecule has 68 heavy (non-hydrogen) atoms. The van der Waals surface area contributed by atoms with Gasteiger partial charge in [-0.3, -0.25) is 9.59 Å². The Labute approximate surface area is 412 Å². The van der Waals surface area contributed by atoms with Gasteiger partial charge in [0.15, 0.2) is 40.9 Å². The van der Waals surface area contributed by atoms with Crippen molar-refractivity contribution in [1.29, 1.82) is 0 Å². The quantitative estimate of drug-likeness (QED) is 0.0944. The Bertz CT molecular complexity index is 1630. The molecule has 4 fully saturated rings. The Morgan fingerprint density at radius 2 is 1.22 bits per heavy atom. The molecule has 15 nitrogen and oxygen atoms in total. The van der Waals surface area contributed by atoms with E-state index in [0.717, 1.165) is 42.7 Å². The predicted molar refractivity (Wildman–Crippen MR) is 266 cm³/mol. The molecule has 4 aliphatic heterocycles. The van der Waals surface area contributed by atoms with E-state index in [1.165, 1.54) is 0 Å². The summed E-state index contributed by atoms with van der Waals surface area (Å²) >= 11 is 0. The molecule has 0 saturated carbocycles. The molecular formula is C51H95NO14Si2. The van der Waals surface area contributed by atoms with Crippen LogP contribution in [0.4, 0.5) is 4.79 Å². The molecule has 0 bridgehead atoms. The average molecular weight is 1000 g/mol. The summed E-state index contributed by atoms with van der Waals surface area (Å²) < 4.78 is 74.0. The van der Waals surface area contributed by atoms with Crippen molar-refractivity contribution in [2.45, 2.75) is 257 Å². The van der Waals surface area contributed by atoms with Crippen molar-refractivity contribution in [2.24, 2.45) is 23.7 Å². The Morgan fingerprint density at radius 1 is 0.676 bits per heavy atom. The molecule has 0 aromatic heterocycles. The molecule has 0 radical (unpaired) electrons. The van der Waals surface area contributed by atoms with Crippen LogP contribution in [0.1, 0.15) is 136 Å². The zero-order valence-corrected chi connectivity index (χ0v) is 47.9. The zero-order chi connectivity index (χ0) is 51.3. The molecule has 0 aliphatic carbocycles. The Morgan fingerprint density at radius 3 is 1.74 bits per heavy atom. The van der Waals surface area contributed by atoms with Crippen LogP contribution in [-0.4, -0.2) is 152 Å². The molecule has 0 unspecified atom stereocenters. The van der Waals surface area contributed by atoms with Crippen molar-refractivity contribution in [3.8, 4) is 0 Å². The zero-order valence-electron chi connectivity index (χ0n) is 45.9. The van der Waals surface area contributed by atoms with E-state index in [4.69, 9.17) is 51.5 Å². The van der Waals surface area contributed by atoms with Gasteiger partial charge in [0.2, 0.25) is 0 Å². The van der Waals surface area contributed by atoms with Gasteiger partial charge in [0.05, 0.1) is 53.6 Å². The lowest BCUT2D eigenvalue weighted by molar-refractivity contribution is -0.317. The Balaban J connectivity index is 1.94. The van der Waals surface area contributed by atoms with Gasteiger partial charge in [-0.2, -0.15) is 0 Å². The molecule has 4 saturated heterocycles. The van der Waals surface area contributed by atoms with E-state index >= 15 is 0 Å².